The molecule has 0 aliphatic rings. The van der Waals surface area contributed by atoms with Crippen molar-refractivity contribution in [1.29, 1.82) is 5.26 Å². The van der Waals surface area contributed by atoms with Crippen molar-refractivity contribution >= 4 is 11.6 Å². The molecule has 0 bridgehead atoms. The first-order valence-corrected chi connectivity index (χ1v) is 9.15. The fraction of sp³-hybridized carbons (Fsp3) is 0. The van der Waals surface area contributed by atoms with Crippen molar-refractivity contribution < 1.29 is 4.39 Å². The van der Waals surface area contributed by atoms with E-state index in [1.165, 1.54) is 12.1 Å². The van der Waals surface area contributed by atoms with Crippen LogP contribution in [0.4, 0.5) is 4.39 Å². The quantitative estimate of drug-likeness (QED) is 0.434. The molecule has 3 nitrogen and oxygen atoms in total. The largest absolute Gasteiger partial charge is 0.330 e. The number of halogens is 2. The first-order chi connectivity index (χ1) is 14.2. The number of nitriles is 1. The van der Waals surface area contributed by atoms with Gasteiger partial charge in [0.1, 0.15) is 23.4 Å². The predicted molar refractivity (Wildman–Crippen MR) is 112 cm³/mol. The number of aromatic nitrogens is 2. The molecule has 0 aliphatic heterocycles. The molecule has 4 aromatic rings. The highest BCUT2D eigenvalue weighted by Crippen LogP contribution is 2.29. The summed E-state index contributed by atoms with van der Waals surface area (Å²) < 4.78 is 14.1. The Morgan fingerprint density at radius 3 is 2.28 bits per heavy atom. The van der Waals surface area contributed by atoms with Crippen molar-refractivity contribution in [1.82, 2.24) is 9.97 Å². The molecule has 0 amide bonds. The Labute approximate surface area is 172 Å². The van der Waals surface area contributed by atoms with Crippen molar-refractivity contribution in [2.45, 2.75) is 0 Å². The standard InChI is InChI=1S/C24H13ClFN3/c25-19-7-4-8-20(26)23(19)24-28-21(22(15-27)29-24)14-11-16-9-12-18(13-10-16)17-5-2-1-3-6-17/h1-10,12-13H,(H,28,29). The van der Waals surface area contributed by atoms with Gasteiger partial charge in [-0.25, -0.2) is 9.37 Å². The third-order valence-corrected chi connectivity index (χ3v) is 4.65. The summed E-state index contributed by atoms with van der Waals surface area (Å²) in [5.41, 5.74) is 3.52. The lowest BCUT2D eigenvalue weighted by Crippen LogP contribution is -1.88. The highest BCUT2D eigenvalue weighted by molar-refractivity contribution is 6.33. The second-order valence-corrected chi connectivity index (χ2v) is 6.62. The van der Waals surface area contributed by atoms with Gasteiger partial charge < -0.3 is 4.98 Å². The van der Waals surface area contributed by atoms with E-state index in [4.69, 9.17) is 11.6 Å². The maximum Gasteiger partial charge on any atom is 0.175 e. The molecule has 5 heteroatoms. The molecule has 0 fully saturated rings. The Bertz CT molecular complexity index is 1250. The van der Waals surface area contributed by atoms with E-state index in [-0.39, 0.29) is 22.1 Å². The van der Waals surface area contributed by atoms with Crippen LogP contribution in [0.3, 0.4) is 0 Å². The fourth-order valence-electron chi connectivity index (χ4n) is 2.90. The molecule has 0 saturated heterocycles. The third-order valence-electron chi connectivity index (χ3n) is 4.33. The SMILES string of the molecule is N#Cc1nc(-c2c(F)cccc2Cl)[nH]c1C#Cc1ccc(-c2ccccc2)cc1. The van der Waals surface area contributed by atoms with Gasteiger partial charge in [0.05, 0.1) is 10.6 Å². The normalized spacial score (nSPS) is 10.1. The second-order valence-electron chi connectivity index (χ2n) is 6.21. The molecule has 3 aromatic carbocycles. The number of nitrogens with one attached hydrogen (secondary N) is 1. The van der Waals surface area contributed by atoms with Crippen molar-refractivity contribution in [3.63, 3.8) is 0 Å². The smallest absolute Gasteiger partial charge is 0.175 e. The maximum atomic E-state index is 14.1. The van der Waals surface area contributed by atoms with E-state index in [2.05, 4.69) is 21.8 Å². The number of benzene rings is 3. The summed E-state index contributed by atoms with van der Waals surface area (Å²) in [4.78, 5) is 7.05. The summed E-state index contributed by atoms with van der Waals surface area (Å²) in [6.45, 7) is 0. The molecule has 1 heterocycles. The van der Waals surface area contributed by atoms with Gasteiger partial charge in [-0.15, -0.1) is 0 Å². The number of hydrogen-bond donors (Lipinski definition) is 1. The van der Waals surface area contributed by atoms with E-state index in [0.717, 1.165) is 16.7 Å². The Kier molecular flexibility index (Phi) is 5.12. The van der Waals surface area contributed by atoms with Crippen LogP contribution in [0.2, 0.25) is 5.02 Å². The van der Waals surface area contributed by atoms with E-state index in [9.17, 15) is 9.65 Å². The number of nitrogens with zero attached hydrogens (tertiary/aromatic N) is 2. The van der Waals surface area contributed by atoms with E-state index in [0.29, 0.717) is 5.69 Å². The monoisotopic (exact) mass is 397 g/mol. The molecular formula is C24H13ClFN3. The van der Waals surface area contributed by atoms with E-state index in [1.54, 1.807) is 6.07 Å². The predicted octanol–water partition coefficient (Wildman–Crippen LogP) is 5.81. The molecule has 0 spiro atoms. The number of aromatic amines is 1. The molecule has 4 rings (SSSR count). The Hall–Kier alpha value is -3.86. The summed E-state index contributed by atoms with van der Waals surface area (Å²) in [5.74, 6) is 5.57. The summed E-state index contributed by atoms with van der Waals surface area (Å²) in [5, 5.41) is 9.56. The first-order valence-electron chi connectivity index (χ1n) is 8.77. The zero-order valence-corrected chi connectivity index (χ0v) is 15.8. The Morgan fingerprint density at radius 2 is 1.59 bits per heavy atom. The number of hydrogen-bond acceptors (Lipinski definition) is 2. The van der Waals surface area contributed by atoms with Crippen molar-refractivity contribution in [2.75, 3.05) is 0 Å². The van der Waals surface area contributed by atoms with Crippen LogP contribution < -0.4 is 0 Å². The van der Waals surface area contributed by atoms with Gasteiger partial charge in [0.2, 0.25) is 0 Å². The van der Waals surface area contributed by atoms with Gasteiger partial charge in [0.15, 0.2) is 5.69 Å². The van der Waals surface area contributed by atoms with Crippen LogP contribution in [0.25, 0.3) is 22.5 Å². The van der Waals surface area contributed by atoms with Crippen LogP contribution >= 0.6 is 11.6 Å². The number of rotatable bonds is 2. The Morgan fingerprint density at radius 1 is 0.862 bits per heavy atom. The minimum atomic E-state index is -0.522. The molecule has 1 aromatic heterocycles. The van der Waals surface area contributed by atoms with Crippen molar-refractivity contribution in [3.05, 3.63) is 101 Å². The minimum absolute atomic E-state index is 0.0905. The average molecular weight is 398 g/mol. The van der Waals surface area contributed by atoms with Gasteiger partial charge in [0, 0.05) is 5.56 Å². The summed E-state index contributed by atoms with van der Waals surface area (Å²) in [6, 6.07) is 24.2. The summed E-state index contributed by atoms with van der Waals surface area (Å²) in [6.07, 6.45) is 0. The zero-order valence-electron chi connectivity index (χ0n) is 15.1. The zero-order chi connectivity index (χ0) is 20.2. The lowest BCUT2D eigenvalue weighted by Gasteiger charge is -2.01. The minimum Gasteiger partial charge on any atom is -0.330 e. The first kappa shape index (κ1) is 18.5. The highest BCUT2D eigenvalue weighted by atomic mass is 35.5. The topological polar surface area (TPSA) is 52.5 Å². The van der Waals surface area contributed by atoms with Gasteiger partial charge in [-0.2, -0.15) is 5.26 Å². The van der Waals surface area contributed by atoms with Crippen LogP contribution in [-0.4, -0.2) is 9.97 Å². The molecule has 0 saturated carbocycles. The van der Waals surface area contributed by atoms with E-state index in [1.807, 2.05) is 60.7 Å². The lowest BCUT2D eigenvalue weighted by atomic mass is 10.0. The van der Waals surface area contributed by atoms with Gasteiger partial charge in [-0.05, 0) is 41.3 Å². The fourth-order valence-corrected chi connectivity index (χ4v) is 3.15. The van der Waals surface area contributed by atoms with Gasteiger partial charge >= 0.3 is 0 Å². The molecule has 1 N–H and O–H groups in total. The molecule has 29 heavy (non-hydrogen) atoms. The lowest BCUT2D eigenvalue weighted by molar-refractivity contribution is 0.630. The van der Waals surface area contributed by atoms with Crippen molar-refractivity contribution in [2.24, 2.45) is 0 Å². The van der Waals surface area contributed by atoms with Gasteiger partial charge in [-0.3, -0.25) is 0 Å². The van der Waals surface area contributed by atoms with E-state index >= 15 is 0 Å². The molecule has 138 valence electrons. The van der Waals surface area contributed by atoms with Crippen LogP contribution in [0, 0.1) is 29.0 Å². The number of imidazole rings is 1. The van der Waals surface area contributed by atoms with Crippen molar-refractivity contribution in [3.8, 4) is 40.4 Å². The average Bonchev–Trinajstić information content (AvgIpc) is 3.16. The van der Waals surface area contributed by atoms with Crippen LogP contribution in [-0.2, 0) is 0 Å². The molecule has 0 radical (unpaired) electrons. The van der Waals surface area contributed by atoms with Crippen LogP contribution in [0.15, 0.2) is 72.8 Å². The Balaban J connectivity index is 1.65. The van der Waals surface area contributed by atoms with Crippen LogP contribution in [0.5, 0.6) is 0 Å². The van der Waals surface area contributed by atoms with E-state index < -0.39 is 5.82 Å². The molecule has 0 aliphatic carbocycles. The molecular weight excluding hydrogens is 385 g/mol. The summed E-state index contributed by atoms with van der Waals surface area (Å²) >= 11 is 6.09. The van der Waals surface area contributed by atoms with Gasteiger partial charge in [0.25, 0.3) is 0 Å². The van der Waals surface area contributed by atoms with Gasteiger partial charge in [-0.1, -0.05) is 66.1 Å². The summed E-state index contributed by atoms with van der Waals surface area (Å²) in [7, 11) is 0. The third kappa shape index (κ3) is 3.89. The highest BCUT2D eigenvalue weighted by Gasteiger charge is 2.16. The van der Waals surface area contributed by atoms with Crippen LogP contribution in [0.1, 0.15) is 17.0 Å². The molecule has 0 atom stereocenters. The second kappa shape index (κ2) is 8.02. The molecule has 0 unspecified atom stereocenters. The number of H-pyrrole nitrogens is 1. The maximum absolute atomic E-state index is 14.1.